The highest BCUT2D eigenvalue weighted by Crippen LogP contribution is 2.26. The van der Waals surface area contributed by atoms with Crippen molar-refractivity contribution in [2.45, 2.75) is 58.2 Å². The van der Waals surface area contributed by atoms with Crippen LogP contribution in [-0.4, -0.2) is 41.4 Å². The predicted octanol–water partition coefficient (Wildman–Crippen LogP) is 0.906. The Bertz CT molecular complexity index is 185. The van der Waals surface area contributed by atoms with Gasteiger partial charge in [0.1, 0.15) is 6.10 Å². The molecule has 0 aromatic rings. The molecule has 4 heteroatoms. The van der Waals surface area contributed by atoms with Gasteiger partial charge < -0.3 is 19.7 Å². The van der Waals surface area contributed by atoms with Crippen molar-refractivity contribution in [1.82, 2.24) is 0 Å². The molecule has 0 amide bonds. The molecule has 1 fully saturated rings. The first-order chi connectivity index (χ1) is 7.07. The number of unbranched alkanes of at least 4 members (excludes halogenated alkanes) is 1. The van der Waals surface area contributed by atoms with Crippen molar-refractivity contribution in [1.29, 1.82) is 0 Å². The maximum absolute atomic E-state index is 9.73. The lowest BCUT2D eigenvalue weighted by molar-refractivity contribution is -0.280. The standard InChI is InChI=1S/C11H22O4/c1-4-5-6-14-11-10(13)9(12)7(2)8(3)15-11/h7-13H,4-6H2,1-3H3. The fraction of sp³-hybridized carbons (Fsp3) is 1.00. The third kappa shape index (κ3) is 3.14. The van der Waals surface area contributed by atoms with Crippen molar-refractivity contribution in [3.05, 3.63) is 0 Å². The van der Waals surface area contributed by atoms with Gasteiger partial charge in [-0.05, 0) is 13.3 Å². The van der Waals surface area contributed by atoms with E-state index in [4.69, 9.17) is 9.47 Å². The van der Waals surface area contributed by atoms with Crippen LogP contribution in [-0.2, 0) is 9.47 Å². The Morgan fingerprint density at radius 2 is 1.87 bits per heavy atom. The highest BCUT2D eigenvalue weighted by molar-refractivity contribution is 4.84. The second-order valence-electron chi connectivity index (χ2n) is 4.27. The topological polar surface area (TPSA) is 58.9 Å². The van der Waals surface area contributed by atoms with Gasteiger partial charge in [0.15, 0.2) is 6.29 Å². The molecule has 0 aromatic carbocycles. The lowest BCUT2D eigenvalue weighted by Crippen LogP contribution is -2.53. The van der Waals surface area contributed by atoms with Gasteiger partial charge in [-0.1, -0.05) is 20.3 Å². The first-order valence-electron chi connectivity index (χ1n) is 5.71. The van der Waals surface area contributed by atoms with Gasteiger partial charge >= 0.3 is 0 Å². The highest BCUT2D eigenvalue weighted by Gasteiger charge is 2.40. The van der Waals surface area contributed by atoms with Gasteiger partial charge in [-0.25, -0.2) is 0 Å². The van der Waals surface area contributed by atoms with Gasteiger partial charge in [-0.2, -0.15) is 0 Å². The zero-order chi connectivity index (χ0) is 11.4. The summed E-state index contributed by atoms with van der Waals surface area (Å²) in [6.07, 6.45) is -0.495. The fourth-order valence-corrected chi connectivity index (χ4v) is 1.65. The Morgan fingerprint density at radius 1 is 1.20 bits per heavy atom. The molecule has 0 saturated carbocycles. The van der Waals surface area contributed by atoms with Gasteiger partial charge in [-0.15, -0.1) is 0 Å². The molecule has 5 atom stereocenters. The Labute approximate surface area is 91.2 Å². The molecule has 1 saturated heterocycles. The van der Waals surface area contributed by atoms with Crippen molar-refractivity contribution >= 4 is 0 Å². The van der Waals surface area contributed by atoms with E-state index in [-0.39, 0.29) is 12.0 Å². The molecular formula is C11H22O4. The van der Waals surface area contributed by atoms with Gasteiger partial charge in [0.05, 0.1) is 12.2 Å². The summed E-state index contributed by atoms with van der Waals surface area (Å²) in [7, 11) is 0. The summed E-state index contributed by atoms with van der Waals surface area (Å²) >= 11 is 0. The van der Waals surface area contributed by atoms with Gasteiger partial charge in [0, 0.05) is 12.5 Å². The van der Waals surface area contributed by atoms with Crippen molar-refractivity contribution in [2.24, 2.45) is 5.92 Å². The molecule has 5 unspecified atom stereocenters. The minimum atomic E-state index is -0.937. The summed E-state index contributed by atoms with van der Waals surface area (Å²) in [4.78, 5) is 0. The van der Waals surface area contributed by atoms with Crippen LogP contribution in [0.4, 0.5) is 0 Å². The molecule has 90 valence electrons. The first-order valence-corrected chi connectivity index (χ1v) is 5.71. The Kier molecular flexibility index (Phi) is 4.99. The summed E-state index contributed by atoms with van der Waals surface area (Å²) in [6, 6.07) is 0. The summed E-state index contributed by atoms with van der Waals surface area (Å²) < 4.78 is 10.9. The normalized spacial score (nSPS) is 41.8. The maximum Gasteiger partial charge on any atom is 0.186 e. The molecular weight excluding hydrogens is 196 g/mol. The molecule has 15 heavy (non-hydrogen) atoms. The van der Waals surface area contributed by atoms with E-state index in [9.17, 15) is 10.2 Å². The third-order valence-corrected chi connectivity index (χ3v) is 3.04. The van der Waals surface area contributed by atoms with E-state index in [0.29, 0.717) is 6.61 Å². The van der Waals surface area contributed by atoms with Crippen molar-refractivity contribution in [3.63, 3.8) is 0 Å². The highest BCUT2D eigenvalue weighted by atomic mass is 16.7. The first kappa shape index (κ1) is 12.9. The van der Waals surface area contributed by atoms with E-state index in [1.54, 1.807) is 0 Å². The lowest BCUT2D eigenvalue weighted by Gasteiger charge is -2.39. The summed E-state index contributed by atoms with van der Waals surface area (Å²) in [5.41, 5.74) is 0. The van der Waals surface area contributed by atoms with E-state index in [2.05, 4.69) is 6.92 Å². The number of ether oxygens (including phenoxy) is 2. The molecule has 0 aromatic heterocycles. The van der Waals surface area contributed by atoms with Crippen LogP contribution in [0.5, 0.6) is 0 Å². The van der Waals surface area contributed by atoms with Crippen LogP contribution < -0.4 is 0 Å². The van der Waals surface area contributed by atoms with E-state index in [0.717, 1.165) is 12.8 Å². The average Bonchev–Trinajstić information content (AvgIpc) is 2.23. The minimum Gasteiger partial charge on any atom is -0.390 e. The zero-order valence-electron chi connectivity index (χ0n) is 9.72. The van der Waals surface area contributed by atoms with Crippen LogP contribution in [0.1, 0.15) is 33.6 Å². The Balaban J connectivity index is 2.43. The van der Waals surface area contributed by atoms with Crippen LogP contribution >= 0.6 is 0 Å². The van der Waals surface area contributed by atoms with Crippen LogP contribution in [0.25, 0.3) is 0 Å². The Hall–Kier alpha value is -0.160. The fourth-order valence-electron chi connectivity index (χ4n) is 1.65. The van der Waals surface area contributed by atoms with E-state index in [1.165, 1.54) is 0 Å². The van der Waals surface area contributed by atoms with Gasteiger partial charge in [0.25, 0.3) is 0 Å². The molecule has 4 nitrogen and oxygen atoms in total. The van der Waals surface area contributed by atoms with Crippen LogP contribution in [0, 0.1) is 5.92 Å². The Morgan fingerprint density at radius 3 is 2.47 bits per heavy atom. The summed E-state index contributed by atoms with van der Waals surface area (Å²) in [5, 5.41) is 19.5. The zero-order valence-corrected chi connectivity index (χ0v) is 9.72. The number of hydrogen-bond acceptors (Lipinski definition) is 4. The SMILES string of the molecule is CCCCOC1OC(C)C(C)C(O)C1O. The van der Waals surface area contributed by atoms with Crippen LogP contribution in [0.3, 0.4) is 0 Å². The van der Waals surface area contributed by atoms with Crippen molar-refractivity contribution < 1.29 is 19.7 Å². The van der Waals surface area contributed by atoms with Gasteiger partial charge in [0.2, 0.25) is 0 Å². The average molecular weight is 218 g/mol. The van der Waals surface area contributed by atoms with Gasteiger partial charge in [-0.3, -0.25) is 0 Å². The summed E-state index contributed by atoms with van der Waals surface area (Å²) in [5.74, 6) is -0.0639. The van der Waals surface area contributed by atoms with Crippen LogP contribution in [0.2, 0.25) is 0 Å². The number of aliphatic hydroxyl groups excluding tert-OH is 2. The number of aliphatic hydroxyl groups is 2. The van der Waals surface area contributed by atoms with E-state index in [1.807, 2.05) is 13.8 Å². The predicted molar refractivity (Wildman–Crippen MR) is 56.4 cm³/mol. The quantitative estimate of drug-likeness (QED) is 0.688. The molecule has 0 spiro atoms. The van der Waals surface area contributed by atoms with E-state index >= 15 is 0 Å². The number of rotatable bonds is 4. The van der Waals surface area contributed by atoms with Crippen molar-refractivity contribution in [2.75, 3.05) is 6.61 Å². The second kappa shape index (κ2) is 5.80. The molecule has 0 aliphatic carbocycles. The smallest absolute Gasteiger partial charge is 0.186 e. The molecule has 0 bridgehead atoms. The molecule has 2 N–H and O–H groups in total. The van der Waals surface area contributed by atoms with Crippen molar-refractivity contribution in [3.8, 4) is 0 Å². The molecule has 1 heterocycles. The lowest BCUT2D eigenvalue weighted by atomic mass is 9.92. The third-order valence-electron chi connectivity index (χ3n) is 3.04. The molecule has 1 aliphatic rings. The molecule has 1 rings (SSSR count). The molecule has 0 radical (unpaired) electrons. The minimum absolute atomic E-state index is 0.0639. The van der Waals surface area contributed by atoms with E-state index < -0.39 is 18.5 Å². The largest absolute Gasteiger partial charge is 0.390 e. The summed E-state index contributed by atoms with van der Waals surface area (Å²) in [6.45, 7) is 6.38. The second-order valence-corrected chi connectivity index (χ2v) is 4.27. The number of hydrogen-bond donors (Lipinski definition) is 2. The monoisotopic (exact) mass is 218 g/mol. The van der Waals surface area contributed by atoms with Crippen LogP contribution in [0.15, 0.2) is 0 Å². The molecule has 1 aliphatic heterocycles. The maximum atomic E-state index is 9.73.